The molecule has 0 unspecified atom stereocenters. The fraction of sp³-hybridized carbons (Fsp3) is 0.0588. The summed E-state index contributed by atoms with van der Waals surface area (Å²) in [5, 5.41) is 6.21. The average Bonchev–Trinajstić information content (AvgIpc) is 3.01. The molecular weight excluding hydrogens is 346 g/mol. The van der Waals surface area contributed by atoms with Gasteiger partial charge in [0.05, 0.1) is 6.21 Å². The van der Waals surface area contributed by atoms with Crippen molar-refractivity contribution < 1.29 is 13.5 Å². The van der Waals surface area contributed by atoms with Gasteiger partial charge in [-0.15, -0.1) is 11.3 Å². The zero-order valence-corrected chi connectivity index (χ0v) is 13.8. The number of thiazole rings is 1. The Bertz CT molecular complexity index is 881. The molecular formula is C17H14F2N4OS. The summed E-state index contributed by atoms with van der Waals surface area (Å²) >= 11 is 1.32. The Kier molecular flexibility index (Phi) is 5.20. The molecule has 25 heavy (non-hydrogen) atoms. The highest BCUT2D eigenvalue weighted by Crippen LogP contribution is 2.20. The van der Waals surface area contributed by atoms with Crippen LogP contribution >= 0.6 is 11.3 Å². The second kappa shape index (κ2) is 7.71. The van der Waals surface area contributed by atoms with E-state index in [4.69, 9.17) is 10.5 Å². The molecule has 5 nitrogen and oxygen atoms in total. The molecule has 1 aromatic heterocycles. The van der Waals surface area contributed by atoms with Crippen LogP contribution in [0.3, 0.4) is 0 Å². The lowest BCUT2D eigenvalue weighted by molar-refractivity contribution is 0.290. The third-order valence-electron chi connectivity index (χ3n) is 3.16. The summed E-state index contributed by atoms with van der Waals surface area (Å²) < 4.78 is 32.3. The third-order valence-corrected chi connectivity index (χ3v) is 3.92. The standard InChI is InChI=1S/C17H14F2N4OS/c18-13-4-1-11(2-5-13)9-24-15-6-3-12(7-14(15)19)8-21-23-17-22-16(20)10-25-17/h1-8,10H,9,20H2,(H,22,23). The van der Waals surface area contributed by atoms with Crippen LogP contribution in [-0.2, 0) is 6.61 Å². The van der Waals surface area contributed by atoms with E-state index in [1.54, 1.807) is 23.6 Å². The van der Waals surface area contributed by atoms with E-state index in [-0.39, 0.29) is 18.2 Å². The first-order chi connectivity index (χ1) is 12.1. The topological polar surface area (TPSA) is 72.5 Å². The molecule has 3 rings (SSSR count). The number of hydrogen-bond acceptors (Lipinski definition) is 6. The van der Waals surface area contributed by atoms with Crippen molar-refractivity contribution in [3.8, 4) is 5.75 Å². The smallest absolute Gasteiger partial charge is 0.205 e. The minimum atomic E-state index is -0.510. The second-order valence-electron chi connectivity index (χ2n) is 5.05. The number of hydrogen-bond donors (Lipinski definition) is 2. The molecule has 2 aromatic carbocycles. The van der Waals surface area contributed by atoms with E-state index in [1.165, 1.54) is 41.8 Å². The van der Waals surface area contributed by atoms with Crippen molar-refractivity contribution in [1.29, 1.82) is 0 Å². The molecule has 0 aliphatic heterocycles. The van der Waals surface area contributed by atoms with Crippen LogP contribution < -0.4 is 15.9 Å². The summed E-state index contributed by atoms with van der Waals surface area (Å²) in [5.41, 5.74) is 9.52. The lowest BCUT2D eigenvalue weighted by atomic mass is 10.2. The zero-order chi connectivity index (χ0) is 17.6. The Hall–Kier alpha value is -3.00. The number of ether oxygens (including phenoxy) is 1. The molecule has 0 saturated heterocycles. The summed E-state index contributed by atoms with van der Waals surface area (Å²) in [6, 6.07) is 10.3. The number of rotatable bonds is 6. The number of nitrogens with two attached hydrogens (primary N) is 1. The maximum absolute atomic E-state index is 14.1. The van der Waals surface area contributed by atoms with Crippen LogP contribution in [0, 0.1) is 11.6 Å². The van der Waals surface area contributed by atoms with Gasteiger partial charge >= 0.3 is 0 Å². The molecule has 128 valence electrons. The molecule has 0 bridgehead atoms. The van der Waals surface area contributed by atoms with Gasteiger partial charge in [0, 0.05) is 5.38 Å². The molecule has 0 amide bonds. The van der Waals surface area contributed by atoms with Gasteiger partial charge in [-0.3, -0.25) is 5.43 Å². The third kappa shape index (κ3) is 4.74. The predicted octanol–water partition coefficient (Wildman–Crippen LogP) is 4.03. The van der Waals surface area contributed by atoms with Crippen LogP contribution in [0.1, 0.15) is 11.1 Å². The molecule has 1 heterocycles. The summed E-state index contributed by atoms with van der Waals surface area (Å²) in [6.07, 6.45) is 1.46. The second-order valence-corrected chi connectivity index (χ2v) is 5.91. The molecule has 0 atom stereocenters. The largest absolute Gasteiger partial charge is 0.486 e. The molecule has 0 aliphatic carbocycles. The van der Waals surface area contributed by atoms with Crippen LogP contribution in [0.25, 0.3) is 0 Å². The van der Waals surface area contributed by atoms with Gasteiger partial charge in [-0.1, -0.05) is 12.1 Å². The first kappa shape index (κ1) is 16.8. The monoisotopic (exact) mass is 360 g/mol. The highest BCUT2D eigenvalue weighted by molar-refractivity contribution is 7.14. The molecule has 8 heteroatoms. The van der Waals surface area contributed by atoms with Crippen LogP contribution in [0.4, 0.5) is 19.7 Å². The number of hydrazone groups is 1. The minimum absolute atomic E-state index is 0.113. The van der Waals surface area contributed by atoms with E-state index in [0.717, 1.165) is 5.56 Å². The van der Waals surface area contributed by atoms with Gasteiger partial charge in [0.25, 0.3) is 0 Å². The van der Waals surface area contributed by atoms with E-state index < -0.39 is 5.82 Å². The van der Waals surface area contributed by atoms with E-state index >= 15 is 0 Å². The van der Waals surface area contributed by atoms with Crippen LogP contribution in [0.15, 0.2) is 52.9 Å². The fourth-order valence-electron chi connectivity index (χ4n) is 1.96. The van der Waals surface area contributed by atoms with Crippen molar-refractivity contribution in [3.63, 3.8) is 0 Å². The van der Waals surface area contributed by atoms with Crippen LogP contribution in [0.5, 0.6) is 5.75 Å². The SMILES string of the molecule is Nc1csc(NN=Cc2ccc(OCc3ccc(F)cc3)c(F)c2)n1. The predicted molar refractivity (Wildman–Crippen MR) is 94.9 cm³/mol. The average molecular weight is 360 g/mol. The lowest BCUT2D eigenvalue weighted by Gasteiger charge is -2.08. The van der Waals surface area contributed by atoms with Gasteiger partial charge in [0.2, 0.25) is 5.13 Å². The molecule has 3 N–H and O–H groups in total. The van der Waals surface area contributed by atoms with Gasteiger partial charge < -0.3 is 10.5 Å². The Morgan fingerprint density at radius 3 is 2.68 bits per heavy atom. The van der Waals surface area contributed by atoms with Crippen molar-refractivity contribution in [1.82, 2.24) is 4.98 Å². The van der Waals surface area contributed by atoms with Crippen molar-refractivity contribution >= 4 is 28.5 Å². The maximum Gasteiger partial charge on any atom is 0.205 e. The Morgan fingerprint density at radius 1 is 1.20 bits per heavy atom. The van der Waals surface area contributed by atoms with Crippen LogP contribution in [0.2, 0.25) is 0 Å². The zero-order valence-electron chi connectivity index (χ0n) is 12.9. The molecule has 0 spiro atoms. The van der Waals surface area contributed by atoms with E-state index in [0.29, 0.717) is 16.5 Å². The number of nitrogens with zero attached hydrogens (tertiary/aromatic N) is 2. The summed E-state index contributed by atoms with van der Waals surface area (Å²) in [4.78, 5) is 3.99. The number of benzene rings is 2. The highest BCUT2D eigenvalue weighted by atomic mass is 32.1. The molecule has 0 fully saturated rings. The number of aromatic nitrogens is 1. The van der Waals surface area contributed by atoms with E-state index in [2.05, 4.69) is 15.5 Å². The number of anilines is 2. The molecule has 0 saturated carbocycles. The van der Waals surface area contributed by atoms with Gasteiger partial charge in [0.15, 0.2) is 11.6 Å². The van der Waals surface area contributed by atoms with Crippen LogP contribution in [-0.4, -0.2) is 11.2 Å². The van der Waals surface area contributed by atoms with Gasteiger partial charge in [0.1, 0.15) is 18.2 Å². The first-order valence-corrected chi connectivity index (χ1v) is 8.15. The summed E-state index contributed by atoms with van der Waals surface area (Å²) in [5.74, 6) is -0.310. The fourth-order valence-corrected chi connectivity index (χ4v) is 2.50. The van der Waals surface area contributed by atoms with Gasteiger partial charge in [-0.05, 0) is 41.5 Å². The Morgan fingerprint density at radius 2 is 2.00 bits per heavy atom. The van der Waals surface area contributed by atoms with Crippen molar-refractivity contribution in [2.75, 3.05) is 11.2 Å². The van der Waals surface area contributed by atoms with E-state index in [9.17, 15) is 8.78 Å². The van der Waals surface area contributed by atoms with Crippen molar-refractivity contribution in [2.45, 2.75) is 6.61 Å². The van der Waals surface area contributed by atoms with E-state index in [1.807, 2.05) is 0 Å². The summed E-state index contributed by atoms with van der Waals surface area (Å²) in [6.45, 7) is 0.150. The van der Waals surface area contributed by atoms with Crippen molar-refractivity contribution in [3.05, 3.63) is 70.6 Å². The van der Waals surface area contributed by atoms with Gasteiger partial charge in [-0.2, -0.15) is 5.10 Å². The highest BCUT2D eigenvalue weighted by Gasteiger charge is 2.05. The molecule has 0 aliphatic rings. The number of nitrogens with one attached hydrogen (secondary N) is 1. The van der Waals surface area contributed by atoms with Gasteiger partial charge in [-0.25, -0.2) is 13.8 Å². The first-order valence-electron chi connectivity index (χ1n) is 7.27. The normalized spacial score (nSPS) is 11.0. The quantitative estimate of drug-likeness (QED) is 0.514. The number of halogens is 2. The molecule has 0 radical (unpaired) electrons. The lowest BCUT2D eigenvalue weighted by Crippen LogP contribution is -1.98. The maximum atomic E-state index is 14.1. The Labute approximate surface area is 146 Å². The minimum Gasteiger partial charge on any atom is -0.486 e. The number of nitrogen functional groups attached to an aromatic ring is 1. The molecule has 3 aromatic rings. The summed E-state index contributed by atoms with van der Waals surface area (Å²) in [7, 11) is 0. The van der Waals surface area contributed by atoms with Crippen molar-refractivity contribution in [2.24, 2.45) is 5.10 Å². The Balaban J connectivity index is 1.59.